The number of nitrogens with zero attached hydrogens (tertiary/aromatic N) is 2. The van der Waals surface area contributed by atoms with Crippen LogP contribution in [0.2, 0.25) is 0 Å². The molecule has 3 heterocycles. The zero-order valence-corrected chi connectivity index (χ0v) is 33.1. The average molecular weight is 850 g/mol. The Labute approximate surface area is 309 Å². The molecule has 6 rings (SSSR count). The molecule has 6 nitrogen and oxygen atoms in total. The molecule has 1 N–H and O–H groups in total. The number of carbonyl (C=O) groups is 1. The molecule has 0 aliphatic heterocycles. The fourth-order valence-corrected chi connectivity index (χ4v) is 5.98. The maximum absolute atomic E-state index is 12.2. The van der Waals surface area contributed by atoms with Gasteiger partial charge >= 0.3 is 0 Å². The zero-order valence-electron chi connectivity index (χ0n) is 30.7. The minimum atomic E-state index is -0.337. The first-order chi connectivity index (χ1) is 23.3. The zero-order chi connectivity index (χ0) is 35.6. The second-order valence-electron chi connectivity index (χ2n) is 14.5. The van der Waals surface area contributed by atoms with E-state index in [1.807, 2.05) is 77.9 Å². The van der Waals surface area contributed by atoms with E-state index in [1.165, 1.54) is 17.0 Å². The van der Waals surface area contributed by atoms with E-state index in [9.17, 15) is 9.90 Å². The van der Waals surface area contributed by atoms with Crippen molar-refractivity contribution in [3.8, 4) is 22.6 Å². The fourth-order valence-electron chi connectivity index (χ4n) is 5.98. The Bertz CT molecular complexity index is 2120. The first kappa shape index (κ1) is 38.7. The number of ketones is 1. The number of fused-ring (bicyclic) bond motifs is 3. The first-order valence-corrected chi connectivity index (χ1v) is 17.4. The predicted octanol–water partition coefficient (Wildman–Crippen LogP) is 12.2. The van der Waals surface area contributed by atoms with Crippen LogP contribution in [0.15, 0.2) is 93.9 Å². The Morgan fingerprint density at radius 2 is 1.52 bits per heavy atom. The van der Waals surface area contributed by atoms with Crippen LogP contribution in [-0.2, 0) is 30.3 Å². The summed E-state index contributed by atoms with van der Waals surface area (Å²) in [4.78, 5) is 21.2. The number of benzene rings is 3. The van der Waals surface area contributed by atoms with Crippen molar-refractivity contribution in [3.63, 3.8) is 0 Å². The molecule has 0 atom stereocenters. The number of aliphatic hydroxyl groups is 1. The summed E-state index contributed by atoms with van der Waals surface area (Å²) in [5, 5.41) is 14.4. The maximum Gasteiger partial charge on any atom is 0.222 e. The second kappa shape index (κ2) is 15.4. The van der Waals surface area contributed by atoms with Crippen LogP contribution >= 0.6 is 0 Å². The molecule has 3 aromatic heterocycles. The third-order valence-corrected chi connectivity index (χ3v) is 10.5. The van der Waals surface area contributed by atoms with Crippen molar-refractivity contribution >= 4 is 38.6 Å². The van der Waals surface area contributed by atoms with Crippen molar-refractivity contribution in [1.29, 1.82) is 0 Å². The van der Waals surface area contributed by atoms with Crippen molar-refractivity contribution in [2.24, 2.45) is 10.8 Å². The molecule has 0 aliphatic carbocycles. The van der Waals surface area contributed by atoms with Crippen molar-refractivity contribution in [2.45, 2.75) is 93.4 Å². The molecule has 6 aromatic rings. The number of rotatable bonds is 9. The third kappa shape index (κ3) is 7.80. The van der Waals surface area contributed by atoms with Crippen molar-refractivity contribution in [2.75, 3.05) is 0 Å². The first-order valence-electron chi connectivity index (χ1n) is 17.4. The summed E-state index contributed by atoms with van der Waals surface area (Å²) in [7, 11) is 0. The van der Waals surface area contributed by atoms with Gasteiger partial charge in [-0.15, -0.1) is 29.1 Å². The van der Waals surface area contributed by atoms with Gasteiger partial charge in [0.1, 0.15) is 23.4 Å². The van der Waals surface area contributed by atoms with Gasteiger partial charge in [0.15, 0.2) is 5.78 Å². The standard InChI is InChI=1S/C28H21N2O2.C15H28O2.Ir/c1-28(2,3)23-13-20(12-18-6-4-5-7-21(18)23)26-22-15-25(32-27(22)30-16-29-26)19-9-8-17-10-11-31-24(17)14-19;1-7-14(5,8-2)12(16)11-13(17)15(6,9-3)10-4;/h4-11,13-16H,1-3H3;11,16H,7-10H2,1-6H3;/q-1;;/b;12-11-;. The van der Waals surface area contributed by atoms with E-state index in [2.05, 4.69) is 61.1 Å². The number of allylic oxidation sites excluding steroid dienone is 2. The monoisotopic (exact) mass is 850 g/mol. The molecule has 0 aliphatic rings. The van der Waals surface area contributed by atoms with Gasteiger partial charge in [0.2, 0.25) is 5.71 Å². The van der Waals surface area contributed by atoms with Gasteiger partial charge in [0.25, 0.3) is 0 Å². The molecule has 1 radical (unpaired) electrons. The van der Waals surface area contributed by atoms with Gasteiger partial charge in [-0.2, -0.15) is 0 Å². The number of hydrogen-bond donors (Lipinski definition) is 1. The second-order valence-corrected chi connectivity index (χ2v) is 14.5. The Balaban J connectivity index is 0.000000269. The van der Waals surface area contributed by atoms with Crippen LogP contribution in [0.4, 0.5) is 0 Å². The van der Waals surface area contributed by atoms with Crippen LogP contribution in [0, 0.1) is 16.9 Å². The van der Waals surface area contributed by atoms with Gasteiger partial charge in [-0.1, -0.05) is 104 Å². The largest absolute Gasteiger partial charge is 0.512 e. The average Bonchev–Trinajstić information content (AvgIpc) is 3.77. The molecule has 7 heteroatoms. The molecule has 0 bridgehead atoms. The topological polar surface area (TPSA) is 89.4 Å². The number of carbonyl (C=O) groups excluding carboxylic acids is 1. The van der Waals surface area contributed by atoms with Crippen molar-refractivity contribution < 1.29 is 38.8 Å². The molecule has 0 saturated heterocycles. The Morgan fingerprint density at radius 3 is 2.18 bits per heavy atom. The summed E-state index contributed by atoms with van der Waals surface area (Å²) in [5.74, 6) is 1.02. The van der Waals surface area contributed by atoms with E-state index in [0.717, 1.165) is 70.0 Å². The van der Waals surface area contributed by atoms with Crippen LogP contribution < -0.4 is 0 Å². The molecule has 0 unspecified atom stereocenters. The van der Waals surface area contributed by atoms with E-state index in [4.69, 9.17) is 8.83 Å². The molecule has 265 valence electrons. The van der Waals surface area contributed by atoms with Crippen LogP contribution in [0.5, 0.6) is 0 Å². The number of hydrogen-bond acceptors (Lipinski definition) is 6. The van der Waals surface area contributed by atoms with E-state index in [1.54, 1.807) is 12.6 Å². The Morgan fingerprint density at radius 1 is 0.840 bits per heavy atom. The van der Waals surface area contributed by atoms with Crippen LogP contribution in [0.3, 0.4) is 0 Å². The number of furan rings is 2. The van der Waals surface area contributed by atoms with Gasteiger partial charge in [0, 0.05) is 59.0 Å². The quantitative estimate of drug-likeness (QED) is 0.0885. The molecule has 3 aromatic carbocycles. The summed E-state index contributed by atoms with van der Waals surface area (Å²) >= 11 is 0. The molecule has 0 spiro atoms. The van der Waals surface area contributed by atoms with Crippen LogP contribution in [-0.4, -0.2) is 20.9 Å². The van der Waals surface area contributed by atoms with Crippen molar-refractivity contribution in [3.05, 3.63) is 96.7 Å². The third-order valence-electron chi connectivity index (χ3n) is 10.5. The van der Waals surface area contributed by atoms with Gasteiger partial charge < -0.3 is 13.9 Å². The molecular weight excluding hydrogens is 801 g/mol. The van der Waals surface area contributed by atoms with E-state index in [-0.39, 0.29) is 47.9 Å². The summed E-state index contributed by atoms with van der Waals surface area (Å²) < 4.78 is 11.7. The minimum Gasteiger partial charge on any atom is -0.512 e. The Kier molecular flexibility index (Phi) is 12.0. The van der Waals surface area contributed by atoms with Crippen LogP contribution in [0.1, 0.15) is 93.6 Å². The normalized spacial score (nSPS) is 12.5. The van der Waals surface area contributed by atoms with E-state index < -0.39 is 0 Å². The molecule has 50 heavy (non-hydrogen) atoms. The van der Waals surface area contributed by atoms with Gasteiger partial charge in [0.05, 0.1) is 6.26 Å². The molecule has 0 saturated carbocycles. The summed E-state index contributed by atoms with van der Waals surface area (Å²) in [6.07, 6.45) is 8.00. The number of aliphatic hydroxyl groups excluding tert-OH is 1. The summed E-state index contributed by atoms with van der Waals surface area (Å²) in [5.41, 5.74) is 4.73. The molecule has 0 fully saturated rings. The molecular formula is C43H49IrN2O4-. The fraction of sp³-hybridized carbons (Fsp3) is 0.372. The van der Waals surface area contributed by atoms with Crippen LogP contribution in [0.25, 0.3) is 55.4 Å². The van der Waals surface area contributed by atoms with Gasteiger partial charge in [-0.25, -0.2) is 4.98 Å². The Hall–Kier alpha value is -4.06. The van der Waals surface area contributed by atoms with Gasteiger partial charge in [-0.3, -0.25) is 9.78 Å². The maximum atomic E-state index is 12.2. The number of aromatic nitrogens is 2. The summed E-state index contributed by atoms with van der Waals surface area (Å²) in [6.45, 7) is 18.8. The minimum absolute atomic E-state index is 0. The smallest absolute Gasteiger partial charge is 0.222 e. The SMILES string of the molecule is CC(C)(C)c1cc(-c2ncnc3oc(-c4ccc5ccoc5c4)cc23)[c-]c2ccccc12.CCC(C)(CC)C(=O)/C=C(\O)C(C)(CC)CC.[Ir]. The van der Waals surface area contributed by atoms with Gasteiger partial charge in [-0.05, 0) is 49.3 Å². The summed E-state index contributed by atoms with van der Waals surface area (Å²) in [6, 6.07) is 24.2. The molecule has 0 amide bonds. The predicted molar refractivity (Wildman–Crippen MR) is 201 cm³/mol. The van der Waals surface area contributed by atoms with E-state index in [0.29, 0.717) is 5.71 Å². The van der Waals surface area contributed by atoms with Crippen molar-refractivity contribution in [1.82, 2.24) is 9.97 Å². The van der Waals surface area contributed by atoms with E-state index >= 15 is 0 Å².